The molecule has 24 heavy (non-hydrogen) atoms. The van der Waals surface area contributed by atoms with Crippen LogP contribution in [0.4, 0.5) is 0 Å². The van der Waals surface area contributed by atoms with Crippen LogP contribution in [0.25, 0.3) is 5.69 Å². The van der Waals surface area contributed by atoms with Crippen molar-refractivity contribution in [1.29, 1.82) is 0 Å². The third-order valence-corrected chi connectivity index (χ3v) is 7.12. The number of hydrogen-bond acceptors (Lipinski definition) is 6. The summed E-state index contributed by atoms with van der Waals surface area (Å²) in [7, 11) is -2.81. The number of benzene rings is 1. The van der Waals surface area contributed by atoms with Crippen LogP contribution >= 0.6 is 11.8 Å². The van der Waals surface area contributed by atoms with Gasteiger partial charge >= 0.3 is 0 Å². The fourth-order valence-corrected chi connectivity index (χ4v) is 5.97. The SMILES string of the molecule is Cc1ccccc1-n1c(CN)nnc1SCC[C@H]1CCS(=O)(=O)C1. The van der Waals surface area contributed by atoms with Crippen LogP contribution in [0.1, 0.15) is 24.2 Å². The van der Waals surface area contributed by atoms with Gasteiger partial charge in [-0.15, -0.1) is 10.2 Å². The van der Waals surface area contributed by atoms with Crippen molar-refractivity contribution in [2.75, 3.05) is 17.3 Å². The Balaban J connectivity index is 1.73. The van der Waals surface area contributed by atoms with E-state index in [0.29, 0.717) is 18.1 Å². The van der Waals surface area contributed by atoms with E-state index in [1.54, 1.807) is 11.8 Å². The maximum atomic E-state index is 11.5. The standard InChI is InChI=1S/C16H22N4O2S2/c1-12-4-2-3-5-14(12)20-15(10-17)18-19-16(20)23-8-6-13-7-9-24(21,22)11-13/h2-5,13H,6-11,17H2,1H3/t13-/m0/s1. The molecule has 0 unspecified atom stereocenters. The van der Waals surface area contributed by atoms with E-state index in [1.165, 1.54) is 0 Å². The summed E-state index contributed by atoms with van der Waals surface area (Å²) in [5, 5.41) is 9.28. The lowest BCUT2D eigenvalue weighted by Gasteiger charge is -2.12. The zero-order valence-electron chi connectivity index (χ0n) is 13.7. The zero-order valence-corrected chi connectivity index (χ0v) is 15.3. The molecule has 130 valence electrons. The molecular formula is C16H22N4O2S2. The molecule has 1 atom stereocenters. The lowest BCUT2D eigenvalue weighted by molar-refractivity contribution is 0.574. The van der Waals surface area contributed by atoms with Crippen LogP contribution in [0, 0.1) is 12.8 Å². The summed E-state index contributed by atoms with van der Waals surface area (Å²) in [6.45, 7) is 2.37. The van der Waals surface area contributed by atoms with Crippen molar-refractivity contribution in [3.8, 4) is 5.69 Å². The Morgan fingerprint density at radius 3 is 2.79 bits per heavy atom. The molecule has 1 saturated heterocycles. The number of sulfone groups is 1. The van der Waals surface area contributed by atoms with Crippen molar-refractivity contribution >= 4 is 21.6 Å². The smallest absolute Gasteiger partial charge is 0.195 e. The highest BCUT2D eigenvalue weighted by Crippen LogP contribution is 2.28. The normalized spacial score (nSPS) is 19.7. The Bertz CT molecular complexity index is 817. The van der Waals surface area contributed by atoms with Crippen LogP contribution in [0.2, 0.25) is 0 Å². The van der Waals surface area contributed by atoms with Crippen molar-refractivity contribution in [2.45, 2.75) is 31.5 Å². The molecule has 2 aromatic rings. The number of para-hydroxylation sites is 1. The molecule has 0 radical (unpaired) electrons. The second kappa shape index (κ2) is 7.25. The number of aromatic nitrogens is 3. The van der Waals surface area contributed by atoms with Gasteiger partial charge in [-0.05, 0) is 37.3 Å². The molecule has 1 aromatic carbocycles. The highest BCUT2D eigenvalue weighted by Gasteiger charge is 2.27. The van der Waals surface area contributed by atoms with Gasteiger partial charge < -0.3 is 5.73 Å². The number of aryl methyl sites for hydroxylation is 1. The number of rotatable bonds is 6. The summed E-state index contributed by atoms with van der Waals surface area (Å²) in [5.41, 5.74) is 7.98. The number of hydrogen-bond donors (Lipinski definition) is 1. The van der Waals surface area contributed by atoms with Crippen LogP contribution in [0.5, 0.6) is 0 Å². The fourth-order valence-electron chi connectivity index (χ4n) is 3.00. The quantitative estimate of drug-likeness (QED) is 0.786. The Labute approximate surface area is 146 Å². The molecule has 6 nitrogen and oxygen atoms in total. The Morgan fingerprint density at radius 1 is 1.33 bits per heavy atom. The first-order chi connectivity index (χ1) is 11.5. The molecule has 0 saturated carbocycles. The lowest BCUT2D eigenvalue weighted by atomic mass is 10.1. The van der Waals surface area contributed by atoms with Crippen molar-refractivity contribution in [1.82, 2.24) is 14.8 Å². The predicted octanol–water partition coefficient (Wildman–Crippen LogP) is 1.95. The molecule has 1 aliphatic heterocycles. The van der Waals surface area contributed by atoms with E-state index in [2.05, 4.69) is 10.2 Å². The van der Waals surface area contributed by atoms with Gasteiger partial charge in [0.15, 0.2) is 20.8 Å². The van der Waals surface area contributed by atoms with Crippen LogP contribution in [-0.4, -0.2) is 40.4 Å². The summed E-state index contributed by atoms with van der Waals surface area (Å²) in [6.07, 6.45) is 1.66. The van der Waals surface area contributed by atoms with Gasteiger partial charge in [-0.1, -0.05) is 30.0 Å². The Morgan fingerprint density at radius 2 is 2.12 bits per heavy atom. The molecule has 1 aromatic heterocycles. The average Bonchev–Trinajstić information content (AvgIpc) is 3.11. The minimum absolute atomic E-state index is 0.270. The maximum Gasteiger partial charge on any atom is 0.195 e. The van der Waals surface area contributed by atoms with Gasteiger partial charge in [0, 0.05) is 5.75 Å². The topological polar surface area (TPSA) is 90.9 Å². The highest BCUT2D eigenvalue weighted by atomic mass is 32.2. The summed E-state index contributed by atoms with van der Waals surface area (Å²) in [5.74, 6) is 2.49. The Hall–Kier alpha value is -1.38. The molecule has 0 bridgehead atoms. The zero-order chi connectivity index (χ0) is 17.2. The van der Waals surface area contributed by atoms with E-state index in [-0.39, 0.29) is 5.92 Å². The average molecular weight is 367 g/mol. The van der Waals surface area contributed by atoms with Gasteiger partial charge in [-0.2, -0.15) is 0 Å². The van der Waals surface area contributed by atoms with Crippen molar-refractivity contribution in [2.24, 2.45) is 11.7 Å². The van der Waals surface area contributed by atoms with E-state index in [1.807, 2.05) is 35.8 Å². The Kier molecular flexibility index (Phi) is 5.27. The first kappa shape index (κ1) is 17.4. The second-order valence-corrected chi connectivity index (χ2v) is 9.42. The van der Waals surface area contributed by atoms with Gasteiger partial charge in [-0.25, -0.2) is 8.42 Å². The third-order valence-electron chi connectivity index (χ3n) is 4.32. The van der Waals surface area contributed by atoms with E-state index in [0.717, 1.165) is 40.8 Å². The van der Waals surface area contributed by atoms with E-state index < -0.39 is 9.84 Å². The van der Waals surface area contributed by atoms with Crippen LogP contribution in [0.15, 0.2) is 29.4 Å². The molecule has 0 spiro atoms. The van der Waals surface area contributed by atoms with E-state index in [4.69, 9.17) is 5.73 Å². The monoisotopic (exact) mass is 366 g/mol. The highest BCUT2D eigenvalue weighted by molar-refractivity contribution is 7.99. The summed E-state index contributed by atoms with van der Waals surface area (Å²) in [4.78, 5) is 0. The molecule has 2 heterocycles. The second-order valence-electron chi connectivity index (χ2n) is 6.13. The molecule has 3 rings (SSSR count). The van der Waals surface area contributed by atoms with Crippen molar-refractivity contribution in [3.05, 3.63) is 35.7 Å². The lowest BCUT2D eigenvalue weighted by Crippen LogP contribution is -2.09. The molecular weight excluding hydrogens is 344 g/mol. The van der Waals surface area contributed by atoms with Gasteiger partial charge in [0.25, 0.3) is 0 Å². The fraction of sp³-hybridized carbons (Fsp3) is 0.500. The van der Waals surface area contributed by atoms with E-state index >= 15 is 0 Å². The van der Waals surface area contributed by atoms with Gasteiger partial charge in [0.2, 0.25) is 0 Å². The minimum Gasteiger partial charge on any atom is -0.324 e. The van der Waals surface area contributed by atoms with Crippen LogP contribution in [-0.2, 0) is 16.4 Å². The number of thioether (sulfide) groups is 1. The van der Waals surface area contributed by atoms with Gasteiger partial charge in [0.1, 0.15) is 0 Å². The van der Waals surface area contributed by atoms with Crippen LogP contribution in [0.3, 0.4) is 0 Å². The first-order valence-electron chi connectivity index (χ1n) is 8.04. The molecule has 2 N–H and O–H groups in total. The summed E-state index contributed by atoms with van der Waals surface area (Å²) >= 11 is 1.61. The predicted molar refractivity (Wildman–Crippen MR) is 96.1 cm³/mol. The minimum atomic E-state index is -2.81. The molecule has 1 aliphatic rings. The molecule has 8 heteroatoms. The largest absolute Gasteiger partial charge is 0.324 e. The van der Waals surface area contributed by atoms with Crippen molar-refractivity contribution < 1.29 is 8.42 Å². The summed E-state index contributed by atoms with van der Waals surface area (Å²) < 4.78 is 25.1. The third kappa shape index (κ3) is 3.81. The molecule has 1 fully saturated rings. The van der Waals surface area contributed by atoms with Gasteiger partial charge in [0.05, 0.1) is 23.7 Å². The molecule has 0 amide bonds. The van der Waals surface area contributed by atoms with Gasteiger partial charge in [-0.3, -0.25) is 4.57 Å². The summed E-state index contributed by atoms with van der Waals surface area (Å²) in [6, 6.07) is 8.07. The number of nitrogens with zero attached hydrogens (tertiary/aromatic N) is 3. The molecule has 0 aliphatic carbocycles. The number of nitrogens with two attached hydrogens (primary N) is 1. The maximum absolute atomic E-state index is 11.5. The first-order valence-corrected chi connectivity index (χ1v) is 10.8. The van der Waals surface area contributed by atoms with E-state index in [9.17, 15) is 8.42 Å². The van der Waals surface area contributed by atoms with Crippen LogP contribution < -0.4 is 5.73 Å². The van der Waals surface area contributed by atoms with Crippen molar-refractivity contribution in [3.63, 3.8) is 0 Å².